The summed E-state index contributed by atoms with van der Waals surface area (Å²) >= 11 is 0. The van der Waals surface area contributed by atoms with Crippen LogP contribution in [0.5, 0.6) is 0 Å². The highest BCUT2D eigenvalue weighted by atomic mass is 31.2. The van der Waals surface area contributed by atoms with Crippen molar-refractivity contribution in [1.29, 1.82) is 0 Å². The maximum atomic E-state index is 13.7. The molecule has 3 aromatic rings. The number of nitrogens with zero attached hydrogens (tertiary/aromatic N) is 1. The third kappa shape index (κ3) is 6.95. The lowest BCUT2D eigenvalue weighted by molar-refractivity contribution is -0.138. The monoisotopic (exact) mass is 497 g/mol. The quantitative estimate of drug-likeness (QED) is 0.314. The lowest BCUT2D eigenvalue weighted by Crippen LogP contribution is -2.17. The summed E-state index contributed by atoms with van der Waals surface area (Å²) in [5, 5.41) is 18.9. The molecule has 0 saturated carbocycles. The first-order valence-electron chi connectivity index (χ1n) is 11.2. The van der Waals surface area contributed by atoms with E-state index in [0.717, 1.165) is 28.1 Å². The largest absolute Gasteiger partial charge is 0.481 e. The van der Waals surface area contributed by atoms with Crippen LogP contribution >= 0.6 is 7.37 Å². The van der Waals surface area contributed by atoms with Gasteiger partial charge in [-0.05, 0) is 41.3 Å². The summed E-state index contributed by atoms with van der Waals surface area (Å²) in [6.45, 7) is 3.99. The van der Waals surface area contributed by atoms with Crippen molar-refractivity contribution in [3.05, 3.63) is 83.6 Å². The summed E-state index contributed by atoms with van der Waals surface area (Å²) in [5.41, 5.74) is 4.63. The number of pyridine rings is 1. The summed E-state index contributed by atoms with van der Waals surface area (Å²) < 4.78 is 32.2. The first-order valence-corrected chi connectivity index (χ1v) is 13.1. The highest BCUT2D eigenvalue weighted by Gasteiger charge is 2.25. The number of rotatable bonds is 10. The average Bonchev–Trinajstić information content (AvgIpc) is 2.82. The van der Waals surface area contributed by atoms with Gasteiger partial charge in [-0.15, -0.1) is 0 Å². The first kappa shape index (κ1) is 26.5. The molecule has 2 atom stereocenters. The summed E-state index contributed by atoms with van der Waals surface area (Å²) in [4.78, 5) is 15.8. The Labute approximate surface area is 204 Å². The fourth-order valence-corrected chi connectivity index (χ4v) is 5.24. The van der Waals surface area contributed by atoms with Crippen molar-refractivity contribution >= 4 is 19.4 Å². The molecule has 0 fully saturated rings. The minimum atomic E-state index is -3.50. The van der Waals surface area contributed by atoms with Crippen molar-refractivity contribution in [3.8, 4) is 22.4 Å². The van der Waals surface area contributed by atoms with E-state index in [1.165, 1.54) is 25.1 Å². The first-order chi connectivity index (χ1) is 16.6. The van der Waals surface area contributed by atoms with Crippen molar-refractivity contribution in [1.82, 2.24) is 4.98 Å². The summed E-state index contributed by atoms with van der Waals surface area (Å²) in [6.07, 6.45) is -0.534. The van der Waals surface area contributed by atoms with Crippen LogP contribution in [0.4, 0.5) is 4.39 Å². The molecule has 0 aliphatic carbocycles. The summed E-state index contributed by atoms with van der Waals surface area (Å²) in [6, 6.07) is 17.7. The molecule has 0 amide bonds. The number of aliphatic carboxylic acids is 1. The topological polar surface area (TPSA) is 96.7 Å². The number of carboxylic acids is 1. The van der Waals surface area contributed by atoms with Gasteiger partial charge in [0.1, 0.15) is 5.82 Å². The van der Waals surface area contributed by atoms with Crippen LogP contribution < -0.4 is 0 Å². The molecule has 3 rings (SSSR count). The number of aliphatic hydroxyl groups excluding tert-OH is 1. The number of aliphatic hydroxyl groups is 1. The van der Waals surface area contributed by atoms with Gasteiger partial charge in [0, 0.05) is 24.1 Å². The van der Waals surface area contributed by atoms with Crippen molar-refractivity contribution in [2.24, 2.45) is 0 Å². The molecule has 1 heterocycles. The maximum absolute atomic E-state index is 13.7. The third-order valence-electron chi connectivity index (χ3n) is 5.51. The molecule has 2 unspecified atom stereocenters. The number of benzene rings is 2. The van der Waals surface area contributed by atoms with E-state index in [9.17, 15) is 18.9 Å². The normalized spacial score (nSPS) is 14.2. The Hall–Kier alpha value is -3.12. The fourth-order valence-electron chi connectivity index (χ4n) is 3.76. The Kier molecular flexibility index (Phi) is 8.73. The van der Waals surface area contributed by atoms with Gasteiger partial charge in [-0.1, -0.05) is 56.3 Å². The Morgan fingerprint density at radius 3 is 2.34 bits per heavy atom. The Morgan fingerprint density at radius 2 is 1.77 bits per heavy atom. The number of carboxylic acid groups (broad SMARTS) is 1. The van der Waals surface area contributed by atoms with Gasteiger partial charge in [0.2, 0.25) is 7.37 Å². The summed E-state index contributed by atoms with van der Waals surface area (Å²) in [5.74, 6) is -0.165. The molecule has 2 aromatic carbocycles. The van der Waals surface area contributed by atoms with Gasteiger partial charge in [-0.2, -0.15) is 0 Å². The maximum Gasteiger partial charge on any atom is 0.305 e. The van der Waals surface area contributed by atoms with Crippen molar-refractivity contribution in [2.45, 2.75) is 32.3 Å². The van der Waals surface area contributed by atoms with Gasteiger partial charge in [0.05, 0.1) is 30.1 Å². The molecule has 35 heavy (non-hydrogen) atoms. The van der Waals surface area contributed by atoms with Crippen LogP contribution in [0.15, 0.2) is 66.5 Å². The number of hydrogen-bond acceptors (Lipinski definition) is 5. The Morgan fingerprint density at radius 1 is 1.11 bits per heavy atom. The number of halogens is 1. The standard InChI is InChI=1S/C27H29FNO5P/c1-18(2)27-23(13-14-35(33,34-3)17-22(30)15-26(31)32)24(19-9-11-21(28)12-10-19)16-25(29-27)20-7-5-4-6-8-20/h4-14,16,18,22,30H,15,17H2,1-3H3,(H,31,32). The van der Waals surface area contributed by atoms with Crippen LogP contribution in [0, 0.1) is 5.82 Å². The van der Waals surface area contributed by atoms with E-state index in [0.29, 0.717) is 5.56 Å². The number of aromatic nitrogens is 1. The minimum Gasteiger partial charge on any atom is -0.481 e. The zero-order valence-electron chi connectivity index (χ0n) is 19.9. The van der Waals surface area contributed by atoms with E-state index >= 15 is 0 Å². The molecule has 0 radical (unpaired) electrons. The van der Waals surface area contributed by atoms with Crippen molar-refractivity contribution in [2.75, 3.05) is 13.3 Å². The van der Waals surface area contributed by atoms with E-state index in [1.54, 1.807) is 18.2 Å². The zero-order chi connectivity index (χ0) is 25.6. The molecule has 0 saturated heterocycles. The van der Waals surface area contributed by atoms with Gasteiger partial charge in [0.15, 0.2) is 0 Å². The molecular weight excluding hydrogens is 468 g/mol. The molecule has 2 N–H and O–H groups in total. The molecule has 1 aromatic heterocycles. The average molecular weight is 498 g/mol. The molecule has 184 valence electrons. The van der Waals surface area contributed by atoms with Crippen LogP contribution in [0.1, 0.15) is 37.4 Å². The molecular formula is C27H29FNO5P. The van der Waals surface area contributed by atoms with Gasteiger partial charge in [-0.3, -0.25) is 14.3 Å². The highest BCUT2D eigenvalue weighted by molar-refractivity contribution is 7.62. The second kappa shape index (κ2) is 11.5. The van der Waals surface area contributed by atoms with Crippen LogP contribution in [0.25, 0.3) is 28.5 Å². The highest BCUT2D eigenvalue weighted by Crippen LogP contribution is 2.49. The van der Waals surface area contributed by atoms with Gasteiger partial charge in [0.25, 0.3) is 0 Å². The van der Waals surface area contributed by atoms with E-state index in [1.807, 2.05) is 50.2 Å². The SMILES string of the molecule is COP(=O)(C=Cc1c(-c2ccc(F)cc2)cc(-c2ccccc2)nc1C(C)C)CC(O)CC(=O)O. The summed E-state index contributed by atoms with van der Waals surface area (Å²) in [7, 11) is -2.24. The molecule has 0 spiro atoms. The van der Waals surface area contributed by atoms with E-state index in [-0.39, 0.29) is 17.9 Å². The molecule has 6 nitrogen and oxygen atoms in total. The van der Waals surface area contributed by atoms with E-state index < -0.39 is 25.9 Å². The lowest BCUT2D eigenvalue weighted by Gasteiger charge is -2.19. The molecule has 8 heteroatoms. The third-order valence-corrected chi connectivity index (χ3v) is 7.66. The predicted molar refractivity (Wildman–Crippen MR) is 136 cm³/mol. The van der Waals surface area contributed by atoms with Crippen LogP contribution in [-0.4, -0.2) is 40.5 Å². The van der Waals surface area contributed by atoms with Gasteiger partial charge >= 0.3 is 5.97 Å². The fraction of sp³-hybridized carbons (Fsp3) is 0.259. The van der Waals surface area contributed by atoms with Crippen molar-refractivity contribution < 1.29 is 28.5 Å². The minimum absolute atomic E-state index is 0.00274. The molecule has 0 aliphatic rings. The number of hydrogen-bond donors (Lipinski definition) is 2. The predicted octanol–water partition coefficient (Wildman–Crippen LogP) is 6.41. The second-order valence-electron chi connectivity index (χ2n) is 8.54. The van der Waals surface area contributed by atoms with Crippen LogP contribution in [0.2, 0.25) is 0 Å². The molecule has 0 aliphatic heterocycles. The van der Waals surface area contributed by atoms with E-state index in [2.05, 4.69) is 0 Å². The van der Waals surface area contributed by atoms with Gasteiger partial charge < -0.3 is 14.7 Å². The smallest absolute Gasteiger partial charge is 0.305 e. The Bertz CT molecular complexity index is 1240. The lowest BCUT2D eigenvalue weighted by atomic mass is 9.92. The van der Waals surface area contributed by atoms with E-state index in [4.69, 9.17) is 14.6 Å². The Balaban J connectivity index is 2.17. The second-order valence-corrected chi connectivity index (χ2v) is 11.0. The molecule has 0 bridgehead atoms. The van der Waals surface area contributed by atoms with Gasteiger partial charge in [-0.25, -0.2) is 4.39 Å². The number of carbonyl (C=O) groups is 1. The van der Waals surface area contributed by atoms with Crippen LogP contribution in [0.3, 0.4) is 0 Å². The van der Waals surface area contributed by atoms with Crippen molar-refractivity contribution in [3.63, 3.8) is 0 Å². The zero-order valence-corrected chi connectivity index (χ0v) is 20.8. The van der Waals surface area contributed by atoms with Crippen LogP contribution in [-0.2, 0) is 13.9 Å².